The second kappa shape index (κ2) is 6.79. The Morgan fingerprint density at radius 2 is 1.96 bits per heavy atom. The van der Waals surface area contributed by atoms with E-state index in [0.29, 0.717) is 17.0 Å². The largest absolute Gasteiger partial charge is 0.346 e. The number of aromatic nitrogens is 2. The number of hydrogen-bond acceptors (Lipinski definition) is 4. The summed E-state index contributed by atoms with van der Waals surface area (Å²) in [6.45, 7) is 0. The van der Waals surface area contributed by atoms with Crippen molar-refractivity contribution in [2.45, 2.75) is 18.6 Å². The Balaban J connectivity index is 1.67. The van der Waals surface area contributed by atoms with Crippen LogP contribution in [0.3, 0.4) is 0 Å². The molecule has 2 aromatic heterocycles. The van der Waals surface area contributed by atoms with Crippen LogP contribution in [-0.4, -0.2) is 31.3 Å². The summed E-state index contributed by atoms with van der Waals surface area (Å²) in [5, 5.41) is 3.83. The zero-order valence-corrected chi connectivity index (χ0v) is 15.6. The molecule has 0 saturated heterocycles. The van der Waals surface area contributed by atoms with E-state index in [0.717, 1.165) is 29.4 Å². The number of carbonyl (C=O) groups is 1. The molecule has 8 heteroatoms. The molecule has 1 saturated carbocycles. The van der Waals surface area contributed by atoms with E-state index in [4.69, 9.17) is 0 Å². The number of carbonyl (C=O) groups excluding carboxylic acids is 1. The molecule has 7 nitrogen and oxygen atoms in total. The molecule has 3 N–H and O–H groups in total. The normalized spacial score (nSPS) is 14.4. The Labute approximate surface area is 157 Å². The topological polar surface area (TPSA) is 104 Å². The minimum atomic E-state index is -3.31. The van der Waals surface area contributed by atoms with Crippen LogP contribution in [0.2, 0.25) is 0 Å². The summed E-state index contributed by atoms with van der Waals surface area (Å²) in [6, 6.07) is 11.2. The summed E-state index contributed by atoms with van der Waals surface area (Å²) >= 11 is 0. The molecule has 0 aliphatic heterocycles. The van der Waals surface area contributed by atoms with Crippen LogP contribution in [0.15, 0.2) is 42.6 Å². The molecule has 1 aliphatic carbocycles. The van der Waals surface area contributed by atoms with Crippen molar-refractivity contribution >= 4 is 32.8 Å². The van der Waals surface area contributed by atoms with E-state index in [2.05, 4.69) is 20.0 Å². The van der Waals surface area contributed by atoms with Gasteiger partial charge in [-0.2, -0.15) is 0 Å². The molecule has 0 radical (unpaired) electrons. The van der Waals surface area contributed by atoms with E-state index in [9.17, 15) is 13.2 Å². The zero-order valence-electron chi connectivity index (χ0n) is 14.8. The number of amides is 1. The molecule has 0 spiro atoms. The first-order chi connectivity index (χ1) is 12.9. The fourth-order valence-corrected chi connectivity index (χ4v) is 3.76. The van der Waals surface area contributed by atoms with Crippen molar-refractivity contribution in [3.05, 3.63) is 48.2 Å². The molecule has 27 heavy (non-hydrogen) atoms. The van der Waals surface area contributed by atoms with Crippen LogP contribution in [0.1, 0.15) is 18.4 Å². The van der Waals surface area contributed by atoms with Crippen LogP contribution in [0.5, 0.6) is 0 Å². The van der Waals surface area contributed by atoms with Gasteiger partial charge in [-0.05, 0) is 48.7 Å². The summed E-state index contributed by atoms with van der Waals surface area (Å²) in [5.74, 6) is 0.552. The summed E-state index contributed by atoms with van der Waals surface area (Å²) in [7, 11) is -1.91. The van der Waals surface area contributed by atoms with Crippen LogP contribution >= 0.6 is 0 Å². The minimum absolute atomic E-state index is 0.00646. The van der Waals surface area contributed by atoms with Gasteiger partial charge in [0.1, 0.15) is 11.5 Å². The second-order valence-electron chi connectivity index (χ2n) is 6.72. The smallest absolute Gasteiger partial charge is 0.228 e. The van der Waals surface area contributed by atoms with Gasteiger partial charge >= 0.3 is 0 Å². The highest BCUT2D eigenvalue weighted by molar-refractivity contribution is 7.88. The number of nitrogens with zero attached hydrogens (tertiary/aromatic N) is 1. The lowest BCUT2D eigenvalue weighted by Crippen LogP contribution is -2.20. The SMILES string of the molecule is CNS(=O)(=O)Cc1ccc(-c2cc(NC(=O)C3CC3)nc3[nH]ccc23)cc1. The van der Waals surface area contributed by atoms with E-state index < -0.39 is 10.0 Å². The maximum Gasteiger partial charge on any atom is 0.228 e. The molecule has 1 fully saturated rings. The molecule has 1 aromatic carbocycles. The lowest BCUT2D eigenvalue weighted by molar-refractivity contribution is -0.117. The fourth-order valence-electron chi connectivity index (χ4n) is 2.99. The first-order valence-corrected chi connectivity index (χ1v) is 10.4. The lowest BCUT2D eigenvalue weighted by Gasteiger charge is -2.10. The number of rotatable bonds is 6. The second-order valence-corrected chi connectivity index (χ2v) is 8.65. The van der Waals surface area contributed by atoms with E-state index in [1.165, 1.54) is 7.05 Å². The number of benzene rings is 1. The summed E-state index contributed by atoms with van der Waals surface area (Å²) in [4.78, 5) is 19.6. The Kier molecular flexibility index (Phi) is 4.45. The lowest BCUT2D eigenvalue weighted by atomic mass is 10.0. The maximum atomic E-state index is 12.1. The Hall–Kier alpha value is -2.71. The number of fused-ring (bicyclic) bond motifs is 1. The van der Waals surface area contributed by atoms with Gasteiger partial charge in [-0.1, -0.05) is 24.3 Å². The highest BCUT2D eigenvalue weighted by atomic mass is 32.2. The number of anilines is 1. The Bertz CT molecular complexity index is 1100. The highest BCUT2D eigenvalue weighted by Crippen LogP contribution is 2.33. The molecule has 1 amide bonds. The third kappa shape index (κ3) is 3.86. The zero-order chi connectivity index (χ0) is 19.0. The van der Waals surface area contributed by atoms with Gasteiger partial charge in [-0.15, -0.1) is 0 Å². The maximum absolute atomic E-state index is 12.1. The molecule has 140 valence electrons. The molecule has 3 aromatic rings. The van der Waals surface area contributed by atoms with Crippen LogP contribution in [-0.2, 0) is 20.6 Å². The monoisotopic (exact) mass is 384 g/mol. The third-order valence-corrected chi connectivity index (χ3v) is 6.00. The average Bonchev–Trinajstić information content (AvgIpc) is 3.40. The first-order valence-electron chi connectivity index (χ1n) is 8.75. The quantitative estimate of drug-likeness (QED) is 0.608. The molecule has 1 aliphatic rings. The van der Waals surface area contributed by atoms with Crippen LogP contribution < -0.4 is 10.0 Å². The molecule has 0 atom stereocenters. The molecule has 4 rings (SSSR count). The van der Waals surface area contributed by atoms with Gasteiger partial charge in [-0.3, -0.25) is 4.79 Å². The van der Waals surface area contributed by atoms with Crippen LogP contribution in [0.25, 0.3) is 22.2 Å². The summed E-state index contributed by atoms with van der Waals surface area (Å²) in [6.07, 6.45) is 3.67. The van der Waals surface area contributed by atoms with Gasteiger partial charge < -0.3 is 10.3 Å². The average molecular weight is 384 g/mol. The van der Waals surface area contributed by atoms with Crippen molar-refractivity contribution < 1.29 is 13.2 Å². The molecular formula is C19H20N4O3S. The number of sulfonamides is 1. The van der Waals surface area contributed by atoms with Gasteiger partial charge in [0.25, 0.3) is 0 Å². The molecular weight excluding hydrogens is 364 g/mol. The van der Waals surface area contributed by atoms with E-state index >= 15 is 0 Å². The Morgan fingerprint density at radius 1 is 1.22 bits per heavy atom. The van der Waals surface area contributed by atoms with Crippen molar-refractivity contribution in [2.75, 3.05) is 12.4 Å². The van der Waals surface area contributed by atoms with Crippen molar-refractivity contribution in [3.63, 3.8) is 0 Å². The predicted octanol–water partition coefficient (Wildman–Crippen LogP) is 2.63. The van der Waals surface area contributed by atoms with Gasteiger partial charge in [0.15, 0.2) is 0 Å². The van der Waals surface area contributed by atoms with Crippen LogP contribution in [0, 0.1) is 5.92 Å². The third-order valence-electron chi connectivity index (χ3n) is 4.66. The summed E-state index contributed by atoms with van der Waals surface area (Å²) in [5.41, 5.74) is 3.25. The van der Waals surface area contributed by atoms with E-state index in [-0.39, 0.29) is 17.6 Å². The van der Waals surface area contributed by atoms with Crippen LogP contribution in [0.4, 0.5) is 5.82 Å². The van der Waals surface area contributed by atoms with Gasteiger partial charge in [0.05, 0.1) is 5.75 Å². The van der Waals surface area contributed by atoms with Gasteiger partial charge in [0, 0.05) is 17.5 Å². The number of H-pyrrole nitrogens is 1. The van der Waals surface area contributed by atoms with Crippen molar-refractivity contribution in [1.29, 1.82) is 0 Å². The number of pyridine rings is 1. The minimum Gasteiger partial charge on any atom is -0.346 e. The molecule has 2 heterocycles. The first kappa shape index (κ1) is 17.7. The van der Waals surface area contributed by atoms with Crippen molar-refractivity contribution in [2.24, 2.45) is 5.92 Å². The summed E-state index contributed by atoms with van der Waals surface area (Å²) < 4.78 is 25.7. The molecule has 0 unspecified atom stereocenters. The standard InChI is InChI=1S/C19H20N4O3S/c1-20-27(25,26)11-12-2-4-13(5-3-12)16-10-17(23-19(24)14-6-7-14)22-18-15(16)8-9-21-18/h2-5,8-10,14,20H,6-7,11H2,1H3,(H2,21,22,23,24). The molecule has 0 bridgehead atoms. The van der Waals surface area contributed by atoms with E-state index in [1.54, 1.807) is 12.1 Å². The van der Waals surface area contributed by atoms with Crippen molar-refractivity contribution in [1.82, 2.24) is 14.7 Å². The van der Waals surface area contributed by atoms with E-state index in [1.807, 2.05) is 30.5 Å². The van der Waals surface area contributed by atoms with Gasteiger partial charge in [0.2, 0.25) is 15.9 Å². The number of hydrogen-bond donors (Lipinski definition) is 3. The van der Waals surface area contributed by atoms with Crippen molar-refractivity contribution in [3.8, 4) is 11.1 Å². The number of aromatic amines is 1. The Morgan fingerprint density at radius 3 is 2.63 bits per heavy atom. The predicted molar refractivity (Wildman–Crippen MR) is 105 cm³/mol. The highest BCUT2D eigenvalue weighted by Gasteiger charge is 2.30. The van der Waals surface area contributed by atoms with Gasteiger partial charge in [-0.25, -0.2) is 18.1 Å². The fraction of sp³-hybridized carbons (Fsp3) is 0.263. The number of nitrogens with one attached hydrogen (secondary N) is 3.